The molecule has 0 bridgehead atoms. The molecule has 1 aromatic heterocycles. The number of halogens is 1. The van der Waals surface area contributed by atoms with E-state index in [4.69, 9.17) is 17.3 Å². The summed E-state index contributed by atoms with van der Waals surface area (Å²) in [5, 5.41) is 13.8. The summed E-state index contributed by atoms with van der Waals surface area (Å²) in [6.45, 7) is 1.94. The molecule has 88 valence electrons. The van der Waals surface area contributed by atoms with Crippen molar-refractivity contribution >= 4 is 17.6 Å². The summed E-state index contributed by atoms with van der Waals surface area (Å²) in [5.41, 5.74) is 5.40. The van der Waals surface area contributed by atoms with Gasteiger partial charge in [-0.25, -0.2) is 0 Å². The van der Waals surface area contributed by atoms with E-state index in [2.05, 4.69) is 5.10 Å². The highest BCUT2D eigenvalue weighted by molar-refractivity contribution is 6.31. The quantitative estimate of drug-likeness (QED) is 0.828. The third-order valence-corrected chi connectivity index (χ3v) is 3.39. The first-order chi connectivity index (χ1) is 7.43. The topological polar surface area (TPSA) is 81.1 Å². The molecule has 0 spiro atoms. The first kappa shape index (κ1) is 11.4. The molecule has 0 radical (unpaired) electrons. The van der Waals surface area contributed by atoms with Gasteiger partial charge in [0.1, 0.15) is 5.54 Å². The highest BCUT2D eigenvalue weighted by Crippen LogP contribution is 2.39. The van der Waals surface area contributed by atoms with Crippen molar-refractivity contribution in [2.24, 2.45) is 11.7 Å². The third-order valence-electron chi connectivity index (χ3n) is 3.01. The molecule has 3 N–H and O–H groups in total. The molecule has 2 rings (SSSR count). The monoisotopic (exact) mass is 243 g/mol. The van der Waals surface area contributed by atoms with E-state index in [1.54, 1.807) is 13.1 Å². The fourth-order valence-corrected chi connectivity index (χ4v) is 1.96. The molecule has 1 aromatic rings. The molecule has 0 aliphatic heterocycles. The molecular weight excluding hydrogens is 230 g/mol. The number of rotatable bonds is 4. The Bertz CT molecular complexity index is 408. The number of aliphatic carboxylic acids is 1. The SMILES string of the molecule is Cc1nn(CC(N)(C(=O)O)C2CC2)cc1Cl. The van der Waals surface area contributed by atoms with Crippen molar-refractivity contribution in [3.05, 3.63) is 16.9 Å². The van der Waals surface area contributed by atoms with Gasteiger partial charge in [-0.3, -0.25) is 9.48 Å². The number of aromatic nitrogens is 2. The van der Waals surface area contributed by atoms with Crippen molar-refractivity contribution in [3.63, 3.8) is 0 Å². The molecule has 1 saturated carbocycles. The molecular formula is C10H14ClN3O2. The van der Waals surface area contributed by atoms with Crippen LogP contribution in [0.2, 0.25) is 5.02 Å². The van der Waals surface area contributed by atoms with E-state index in [-0.39, 0.29) is 12.5 Å². The molecule has 1 aliphatic rings. The van der Waals surface area contributed by atoms with E-state index in [9.17, 15) is 9.90 Å². The maximum atomic E-state index is 11.2. The van der Waals surface area contributed by atoms with E-state index >= 15 is 0 Å². The number of carboxylic acids is 1. The summed E-state index contributed by atoms with van der Waals surface area (Å²) in [6.07, 6.45) is 3.36. The van der Waals surface area contributed by atoms with Crippen molar-refractivity contribution in [1.29, 1.82) is 0 Å². The van der Waals surface area contributed by atoms with Gasteiger partial charge in [-0.1, -0.05) is 11.6 Å². The Morgan fingerprint density at radius 1 is 1.81 bits per heavy atom. The van der Waals surface area contributed by atoms with Gasteiger partial charge in [-0.2, -0.15) is 5.10 Å². The first-order valence-corrected chi connectivity index (χ1v) is 5.53. The Labute approximate surface area is 98.2 Å². The second-order valence-corrected chi connectivity index (χ2v) is 4.79. The molecule has 16 heavy (non-hydrogen) atoms. The van der Waals surface area contributed by atoms with Crippen LogP contribution in [0.5, 0.6) is 0 Å². The number of carboxylic acid groups (broad SMARTS) is 1. The Morgan fingerprint density at radius 3 is 2.81 bits per heavy atom. The van der Waals surface area contributed by atoms with Crippen molar-refractivity contribution in [2.45, 2.75) is 31.8 Å². The van der Waals surface area contributed by atoms with Gasteiger partial charge < -0.3 is 10.8 Å². The van der Waals surface area contributed by atoms with Crippen LogP contribution in [0.25, 0.3) is 0 Å². The normalized spacial score (nSPS) is 19.4. The average Bonchev–Trinajstić information content (AvgIpc) is 2.96. The lowest BCUT2D eigenvalue weighted by Gasteiger charge is -2.24. The second-order valence-electron chi connectivity index (χ2n) is 4.38. The smallest absolute Gasteiger partial charge is 0.325 e. The van der Waals surface area contributed by atoms with Gasteiger partial charge in [0.15, 0.2) is 0 Å². The number of hydrogen-bond donors (Lipinski definition) is 2. The fraction of sp³-hybridized carbons (Fsp3) is 0.600. The Balaban J connectivity index is 2.20. The third kappa shape index (κ3) is 1.92. The molecule has 1 unspecified atom stereocenters. The molecule has 1 atom stereocenters. The zero-order valence-electron chi connectivity index (χ0n) is 8.98. The minimum absolute atomic E-state index is 0.0493. The molecule has 0 saturated heterocycles. The summed E-state index contributed by atoms with van der Waals surface area (Å²) in [6, 6.07) is 0. The maximum Gasteiger partial charge on any atom is 0.325 e. The molecule has 1 aliphatic carbocycles. The van der Waals surface area contributed by atoms with Crippen LogP contribution in [-0.2, 0) is 11.3 Å². The summed E-state index contributed by atoms with van der Waals surface area (Å²) >= 11 is 5.86. The number of aryl methyl sites for hydroxylation is 1. The van der Waals surface area contributed by atoms with Gasteiger partial charge in [0.2, 0.25) is 0 Å². The average molecular weight is 244 g/mol. The first-order valence-electron chi connectivity index (χ1n) is 5.15. The van der Waals surface area contributed by atoms with Gasteiger partial charge in [0, 0.05) is 6.20 Å². The molecule has 5 nitrogen and oxygen atoms in total. The van der Waals surface area contributed by atoms with Crippen molar-refractivity contribution in [1.82, 2.24) is 9.78 Å². The van der Waals surface area contributed by atoms with Crippen LogP contribution in [0.3, 0.4) is 0 Å². The summed E-state index contributed by atoms with van der Waals surface area (Å²) < 4.78 is 1.52. The van der Waals surface area contributed by atoms with Crippen LogP contribution in [-0.4, -0.2) is 26.4 Å². The van der Waals surface area contributed by atoms with E-state index < -0.39 is 11.5 Å². The van der Waals surface area contributed by atoms with Crippen LogP contribution in [0, 0.1) is 12.8 Å². The van der Waals surface area contributed by atoms with Crippen LogP contribution in [0.4, 0.5) is 0 Å². The van der Waals surface area contributed by atoms with E-state index in [1.165, 1.54) is 4.68 Å². The minimum atomic E-state index is -1.22. The minimum Gasteiger partial charge on any atom is -0.480 e. The number of nitrogens with two attached hydrogens (primary N) is 1. The highest BCUT2D eigenvalue weighted by Gasteiger charge is 2.48. The number of hydrogen-bond acceptors (Lipinski definition) is 3. The van der Waals surface area contributed by atoms with E-state index in [0.717, 1.165) is 12.8 Å². The second kappa shape index (κ2) is 3.75. The Kier molecular flexibility index (Phi) is 2.67. The maximum absolute atomic E-state index is 11.2. The van der Waals surface area contributed by atoms with Crippen LogP contribution in [0.1, 0.15) is 18.5 Å². The lowest BCUT2D eigenvalue weighted by Crippen LogP contribution is -2.53. The lowest BCUT2D eigenvalue weighted by atomic mass is 9.95. The van der Waals surface area contributed by atoms with Gasteiger partial charge in [-0.15, -0.1) is 0 Å². The van der Waals surface area contributed by atoms with E-state index in [0.29, 0.717) is 10.7 Å². The van der Waals surface area contributed by atoms with Crippen LogP contribution in [0.15, 0.2) is 6.20 Å². The van der Waals surface area contributed by atoms with Crippen LogP contribution >= 0.6 is 11.6 Å². The van der Waals surface area contributed by atoms with Gasteiger partial charge >= 0.3 is 5.97 Å². The van der Waals surface area contributed by atoms with E-state index in [1.807, 2.05) is 0 Å². The summed E-state index contributed by atoms with van der Waals surface area (Å²) in [5.74, 6) is -0.924. The predicted molar refractivity (Wildman–Crippen MR) is 59.3 cm³/mol. The van der Waals surface area contributed by atoms with Gasteiger partial charge in [-0.05, 0) is 25.7 Å². The summed E-state index contributed by atoms with van der Waals surface area (Å²) in [4.78, 5) is 11.2. The highest BCUT2D eigenvalue weighted by atomic mass is 35.5. The van der Waals surface area contributed by atoms with Crippen LogP contribution < -0.4 is 5.73 Å². The molecule has 6 heteroatoms. The zero-order chi connectivity index (χ0) is 11.9. The Hall–Kier alpha value is -1.07. The Morgan fingerprint density at radius 2 is 2.44 bits per heavy atom. The lowest BCUT2D eigenvalue weighted by molar-refractivity contribution is -0.145. The molecule has 0 amide bonds. The van der Waals surface area contributed by atoms with Gasteiger partial charge in [0.05, 0.1) is 17.3 Å². The number of nitrogens with zero attached hydrogens (tertiary/aromatic N) is 2. The molecule has 1 fully saturated rings. The van der Waals surface area contributed by atoms with Crippen molar-refractivity contribution in [3.8, 4) is 0 Å². The fourth-order valence-electron chi connectivity index (χ4n) is 1.81. The largest absolute Gasteiger partial charge is 0.480 e. The zero-order valence-corrected chi connectivity index (χ0v) is 9.74. The van der Waals surface area contributed by atoms with Crippen molar-refractivity contribution < 1.29 is 9.90 Å². The van der Waals surface area contributed by atoms with Crippen molar-refractivity contribution in [2.75, 3.05) is 0 Å². The molecule has 0 aromatic carbocycles. The van der Waals surface area contributed by atoms with Gasteiger partial charge in [0.25, 0.3) is 0 Å². The predicted octanol–water partition coefficient (Wildman–Crippen LogP) is 1.04. The molecule has 1 heterocycles. The number of carbonyl (C=O) groups is 1. The standard InChI is InChI=1S/C10H14ClN3O2/c1-6-8(11)4-14(13-6)5-10(12,9(15)16)7-2-3-7/h4,7H,2-3,5,12H2,1H3,(H,15,16). The summed E-state index contributed by atoms with van der Waals surface area (Å²) in [7, 11) is 0.